The van der Waals surface area contributed by atoms with Crippen molar-refractivity contribution in [1.29, 1.82) is 0 Å². The van der Waals surface area contributed by atoms with E-state index in [9.17, 15) is 31.9 Å². The van der Waals surface area contributed by atoms with Gasteiger partial charge in [-0.05, 0) is 28.8 Å². The van der Waals surface area contributed by atoms with Crippen molar-refractivity contribution in [3.8, 4) is 16.9 Å². The molecule has 0 saturated heterocycles. The molecule has 2 N–H and O–H groups in total. The van der Waals surface area contributed by atoms with Gasteiger partial charge in [0.15, 0.2) is 5.75 Å². The lowest BCUT2D eigenvalue weighted by atomic mass is 9.99. The van der Waals surface area contributed by atoms with Gasteiger partial charge in [-0.25, -0.2) is 21.9 Å². The molecule has 0 spiro atoms. The lowest BCUT2D eigenvalue weighted by Gasteiger charge is -2.14. The molecule has 0 aliphatic carbocycles. The van der Waals surface area contributed by atoms with Gasteiger partial charge in [0.05, 0.1) is 6.20 Å². The second kappa shape index (κ2) is 9.51. The molecular formula is C25H18F2N2O5S. The second-order valence-corrected chi connectivity index (χ2v) is 9.24. The number of sulfonamides is 1. The minimum atomic E-state index is -4.77. The number of amides is 1. The Bertz CT molecular complexity index is 1590. The molecule has 0 radical (unpaired) electrons. The molecule has 0 fully saturated rings. The molecule has 4 rings (SSSR count). The van der Waals surface area contributed by atoms with Crippen LogP contribution in [0.5, 0.6) is 5.75 Å². The molecule has 0 aliphatic heterocycles. The van der Waals surface area contributed by atoms with Gasteiger partial charge < -0.3 is 9.67 Å². The molecule has 0 bridgehead atoms. The molecular weight excluding hydrogens is 478 g/mol. The third-order valence-electron chi connectivity index (χ3n) is 5.17. The number of aromatic nitrogens is 1. The Hall–Kier alpha value is -4.31. The molecule has 35 heavy (non-hydrogen) atoms. The highest BCUT2D eigenvalue weighted by Gasteiger charge is 2.25. The summed E-state index contributed by atoms with van der Waals surface area (Å²) in [5.74, 6) is -4.56. The van der Waals surface area contributed by atoms with Gasteiger partial charge in [0.25, 0.3) is 15.9 Å². The average Bonchev–Trinajstić information content (AvgIpc) is 2.81. The fourth-order valence-electron chi connectivity index (χ4n) is 3.55. The van der Waals surface area contributed by atoms with E-state index in [4.69, 9.17) is 0 Å². The lowest BCUT2D eigenvalue weighted by Crippen LogP contribution is -2.34. The van der Waals surface area contributed by atoms with Gasteiger partial charge in [-0.3, -0.25) is 9.59 Å². The first-order valence-corrected chi connectivity index (χ1v) is 11.7. The van der Waals surface area contributed by atoms with Crippen LogP contribution in [0.4, 0.5) is 8.78 Å². The smallest absolute Gasteiger partial charge is 0.270 e. The zero-order chi connectivity index (χ0) is 25.2. The molecule has 178 valence electrons. The number of carbonyl (C=O) groups excluding carboxylic acids is 1. The number of hydrogen-bond acceptors (Lipinski definition) is 5. The first-order chi connectivity index (χ1) is 16.7. The highest BCUT2D eigenvalue weighted by molar-refractivity contribution is 7.90. The summed E-state index contributed by atoms with van der Waals surface area (Å²) in [6, 6.07) is 18.6. The fourth-order valence-corrected chi connectivity index (χ4v) is 4.57. The maximum Gasteiger partial charge on any atom is 0.270 e. The van der Waals surface area contributed by atoms with Crippen molar-refractivity contribution in [1.82, 2.24) is 9.29 Å². The predicted octanol–water partition coefficient (Wildman–Crippen LogP) is 3.67. The van der Waals surface area contributed by atoms with Crippen LogP contribution in [-0.2, 0) is 16.6 Å². The van der Waals surface area contributed by atoms with E-state index in [1.807, 2.05) is 54.6 Å². The highest BCUT2D eigenvalue weighted by Crippen LogP contribution is 2.24. The van der Waals surface area contributed by atoms with E-state index in [1.54, 1.807) is 4.72 Å². The monoisotopic (exact) mass is 496 g/mol. The molecule has 10 heteroatoms. The Morgan fingerprint density at radius 2 is 1.63 bits per heavy atom. The van der Waals surface area contributed by atoms with Crippen molar-refractivity contribution in [2.24, 2.45) is 0 Å². The third-order valence-corrected chi connectivity index (χ3v) is 6.53. The molecule has 7 nitrogen and oxygen atoms in total. The number of pyridine rings is 1. The summed E-state index contributed by atoms with van der Waals surface area (Å²) in [4.78, 5) is 24.1. The van der Waals surface area contributed by atoms with Crippen molar-refractivity contribution in [3.63, 3.8) is 0 Å². The van der Waals surface area contributed by atoms with Gasteiger partial charge in [0.2, 0.25) is 5.43 Å². The minimum Gasteiger partial charge on any atom is -0.503 e. The van der Waals surface area contributed by atoms with E-state index >= 15 is 0 Å². The standard InChI is InChI=1S/C25H18F2N2O5S/c26-18-10-11-23(21(27)12-18)35(33,34)28-25(32)20-14-29(15-22(30)24(20)31)13-17-8-4-5-9-19(17)16-6-2-1-3-7-16/h1-12,14-15,30H,13H2,(H,28,32). The maximum absolute atomic E-state index is 14.0. The highest BCUT2D eigenvalue weighted by atomic mass is 32.2. The van der Waals surface area contributed by atoms with Crippen LogP contribution in [0.2, 0.25) is 0 Å². The summed E-state index contributed by atoms with van der Waals surface area (Å²) in [6.07, 6.45) is 2.21. The summed E-state index contributed by atoms with van der Waals surface area (Å²) < 4.78 is 54.9. The van der Waals surface area contributed by atoms with Gasteiger partial charge in [-0.15, -0.1) is 0 Å². The molecule has 3 aromatic carbocycles. The number of hydrogen-bond donors (Lipinski definition) is 2. The topological polar surface area (TPSA) is 105 Å². The number of carbonyl (C=O) groups is 1. The fraction of sp³-hybridized carbons (Fsp3) is 0.0400. The molecule has 1 amide bonds. The number of halogens is 2. The van der Waals surface area contributed by atoms with Crippen LogP contribution in [-0.4, -0.2) is 24.0 Å². The minimum absolute atomic E-state index is 0.137. The first kappa shape index (κ1) is 23.8. The van der Waals surface area contributed by atoms with Crippen LogP contribution in [0.1, 0.15) is 15.9 Å². The molecule has 0 atom stereocenters. The zero-order valence-corrected chi connectivity index (χ0v) is 18.8. The maximum atomic E-state index is 14.0. The largest absolute Gasteiger partial charge is 0.503 e. The number of nitrogens with zero attached hydrogens (tertiary/aromatic N) is 1. The van der Waals surface area contributed by atoms with E-state index in [-0.39, 0.29) is 6.54 Å². The van der Waals surface area contributed by atoms with Gasteiger partial charge in [0, 0.05) is 18.8 Å². The number of rotatable bonds is 6. The summed E-state index contributed by atoms with van der Waals surface area (Å²) in [5.41, 5.74) is 0.831. The molecule has 4 aromatic rings. The van der Waals surface area contributed by atoms with Gasteiger partial charge in [0.1, 0.15) is 22.1 Å². The van der Waals surface area contributed by atoms with Crippen LogP contribution in [0.15, 0.2) is 94.9 Å². The quantitative estimate of drug-likeness (QED) is 0.424. The van der Waals surface area contributed by atoms with E-state index in [1.165, 1.54) is 4.57 Å². The van der Waals surface area contributed by atoms with Gasteiger partial charge in [-0.1, -0.05) is 54.6 Å². The van der Waals surface area contributed by atoms with Crippen molar-refractivity contribution in [3.05, 3.63) is 118 Å². The van der Waals surface area contributed by atoms with E-state index in [2.05, 4.69) is 0 Å². The van der Waals surface area contributed by atoms with Gasteiger partial charge >= 0.3 is 0 Å². The van der Waals surface area contributed by atoms with Crippen LogP contribution in [0.3, 0.4) is 0 Å². The zero-order valence-electron chi connectivity index (χ0n) is 18.0. The first-order valence-electron chi connectivity index (χ1n) is 10.2. The van der Waals surface area contributed by atoms with Crippen LogP contribution < -0.4 is 10.2 Å². The Morgan fingerprint density at radius 1 is 0.943 bits per heavy atom. The number of benzene rings is 3. The number of aromatic hydroxyl groups is 1. The Balaban J connectivity index is 1.67. The summed E-state index contributed by atoms with van der Waals surface area (Å²) in [5, 5.41) is 10.1. The molecule has 0 aliphatic rings. The normalized spacial score (nSPS) is 11.3. The summed E-state index contributed by atoms with van der Waals surface area (Å²) in [6.45, 7) is 0.137. The van der Waals surface area contributed by atoms with Crippen molar-refractivity contribution < 1.29 is 27.1 Å². The van der Waals surface area contributed by atoms with Crippen molar-refractivity contribution in [2.75, 3.05) is 0 Å². The lowest BCUT2D eigenvalue weighted by molar-refractivity contribution is 0.0979. The van der Waals surface area contributed by atoms with E-state index in [0.717, 1.165) is 29.1 Å². The Kier molecular flexibility index (Phi) is 6.48. The van der Waals surface area contributed by atoms with Crippen molar-refractivity contribution >= 4 is 15.9 Å². The van der Waals surface area contributed by atoms with Crippen LogP contribution in [0, 0.1) is 11.6 Å². The van der Waals surface area contributed by atoms with Gasteiger partial charge in [-0.2, -0.15) is 0 Å². The molecule has 0 saturated carbocycles. The molecule has 1 heterocycles. The number of nitrogens with one attached hydrogen (secondary N) is 1. The third kappa shape index (κ3) is 5.12. The molecule has 1 aromatic heterocycles. The van der Waals surface area contributed by atoms with Crippen LogP contribution >= 0.6 is 0 Å². The SMILES string of the molecule is O=C(NS(=O)(=O)c1ccc(F)cc1F)c1cn(Cc2ccccc2-c2ccccc2)cc(O)c1=O. The van der Waals surface area contributed by atoms with Crippen LogP contribution in [0.25, 0.3) is 11.1 Å². The Morgan fingerprint density at radius 3 is 2.34 bits per heavy atom. The van der Waals surface area contributed by atoms with E-state index in [0.29, 0.717) is 18.2 Å². The summed E-state index contributed by atoms with van der Waals surface area (Å²) >= 11 is 0. The molecule has 0 unspecified atom stereocenters. The summed E-state index contributed by atoms with van der Waals surface area (Å²) in [7, 11) is -4.77. The predicted molar refractivity (Wildman–Crippen MR) is 124 cm³/mol. The average molecular weight is 496 g/mol. The van der Waals surface area contributed by atoms with E-state index < -0.39 is 49.2 Å². The Labute approximate surface area is 199 Å². The van der Waals surface area contributed by atoms with Crippen molar-refractivity contribution in [2.45, 2.75) is 11.4 Å². The second-order valence-electron chi connectivity index (χ2n) is 7.59.